The van der Waals surface area contributed by atoms with Crippen molar-refractivity contribution >= 4 is 11.9 Å². The first-order valence-electron chi connectivity index (χ1n) is 18.1. The fourth-order valence-corrected chi connectivity index (χ4v) is 9.06. The summed E-state index contributed by atoms with van der Waals surface area (Å²) in [5.41, 5.74) is 4.15. The van der Waals surface area contributed by atoms with Crippen LogP contribution in [0.15, 0.2) is 36.4 Å². The van der Waals surface area contributed by atoms with E-state index in [1.54, 1.807) is 0 Å². The maximum atomic E-state index is 14.9. The molecule has 2 bridgehead atoms. The summed E-state index contributed by atoms with van der Waals surface area (Å²) in [5, 5.41) is 10.9. The highest BCUT2D eigenvalue weighted by Gasteiger charge is 2.77. The van der Waals surface area contributed by atoms with Crippen LogP contribution in [0.2, 0.25) is 0 Å². The second-order valence-electron chi connectivity index (χ2n) is 14.7. The minimum absolute atomic E-state index is 0.0353. The van der Waals surface area contributed by atoms with Gasteiger partial charge in [0.05, 0.1) is 25.3 Å². The monoisotopic (exact) mass is 805 g/mol. The van der Waals surface area contributed by atoms with Gasteiger partial charge in [0.15, 0.2) is 11.5 Å². The first-order valence-corrected chi connectivity index (χ1v) is 18.1. The fraction of sp³-hybridized carbons (Fsp3) is 0.475. The van der Waals surface area contributed by atoms with Crippen molar-refractivity contribution in [3.05, 3.63) is 80.9 Å². The van der Waals surface area contributed by atoms with E-state index in [1.807, 2.05) is 67.1 Å². The Balaban J connectivity index is 1.39. The van der Waals surface area contributed by atoms with Crippen LogP contribution < -0.4 is 18.9 Å². The zero-order valence-corrected chi connectivity index (χ0v) is 31.4. The summed E-state index contributed by atoms with van der Waals surface area (Å²) in [4.78, 5) is 30.1. The van der Waals surface area contributed by atoms with Crippen molar-refractivity contribution in [2.45, 2.75) is 94.7 Å². The summed E-state index contributed by atoms with van der Waals surface area (Å²) >= 11 is 0. The number of fused-ring (bicyclic) bond motifs is 9. The van der Waals surface area contributed by atoms with Crippen LogP contribution in [-0.4, -0.2) is 85.4 Å². The number of benzene rings is 3. The molecule has 3 aromatic rings. The van der Waals surface area contributed by atoms with Crippen molar-refractivity contribution < 1.29 is 64.0 Å². The molecule has 1 saturated heterocycles. The highest BCUT2D eigenvalue weighted by molar-refractivity contribution is 5.83. The van der Waals surface area contributed by atoms with Crippen LogP contribution in [0.5, 0.6) is 23.0 Å². The zero-order valence-electron chi connectivity index (χ0n) is 31.4. The van der Waals surface area contributed by atoms with Crippen LogP contribution in [0.1, 0.15) is 63.0 Å². The molecule has 0 saturated carbocycles. The molecule has 57 heavy (non-hydrogen) atoms. The van der Waals surface area contributed by atoms with Crippen molar-refractivity contribution in [2.24, 2.45) is 0 Å². The number of esters is 2. The molecule has 0 N–H and O–H groups in total. The third-order valence-electron chi connectivity index (χ3n) is 11.6. The van der Waals surface area contributed by atoms with Crippen LogP contribution in [0.4, 0.5) is 30.7 Å². The number of halogens is 7. The summed E-state index contributed by atoms with van der Waals surface area (Å²) in [6, 6.07) is 9.75. The third kappa shape index (κ3) is 6.31. The molecule has 4 heterocycles. The summed E-state index contributed by atoms with van der Waals surface area (Å²) in [5.74, 6) is -17.1. The van der Waals surface area contributed by atoms with E-state index >= 15 is 0 Å². The van der Waals surface area contributed by atoms with Crippen LogP contribution >= 0.6 is 0 Å². The zero-order chi connectivity index (χ0) is 41.4. The molecule has 1 fully saturated rings. The molecule has 0 radical (unpaired) electrons. The maximum absolute atomic E-state index is 14.9. The van der Waals surface area contributed by atoms with E-state index in [9.17, 15) is 45.6 Å². The van der Waals surface area contributed by atoms with Gasteiger partial charge in [-0.25, -0.2) is 4.79 Å². The molecule has 4 aliphatic heterocycles. The Morgan fingerprint density at radius 3 is 2.26 bits per heavy atom. The van der Waals surface area contributed by atoms with Gasteiger partial charge in [-0.3, -0.25) is 14.6 Å². The van der Waals surface area contributed by atoms with Gasteiger partial charge in [-0.1, -0.05) is 36.4 Å². The minimum atomic E-state index is -6.80. The number of alkyl halides is 7. The highest BCUT2D eigenvalue weighted by atomic mass is 19.4. The molecule has 5 atom stereocenters. The molecule has 3 aromatic carbocycles. The van der Waals surface area contributed by atoms with E-state index in [2.05, 4.69) is 6.07 Å². The minimum Gasteiger partial charge on any atom is -0.496 e. The Hall–Kier alpha value is -5.08. The number of nitriles is 1. The number of likely N-dealkylation sites (N-methyl/N-ethyl adjacent to an activating group) is 1. The van der Waals surface area contributed by atoms with Crippen molar-refractivity contribution in [1.82, 2.24) is 9.80 Å². The molecule has 4 aliphatic rings. The summed E-state index contributed by atoms with van der Waals surface area (Å²) in [6.45, 7) is 4.17. The SMILES string of the molecule is COc1c(C)cc2c(c1C)[C@@H]1C3Cc4c(OC(=O)C(F)(F)C(F)(F)C(F)(F)F)c(C)c5c(c4[C@H](COC(=O)CCc4ccccc4)N3[C@@H](C#N)[C@H](C2)N1C)OCO5. The normalized spacial score (nSPS) is 22.8. The van der Waals surface area contributed by atoms with E-state index in [4.69, 9.17) is 23.7 Å². The molecule has 0 spiro atoms. The van der Waals surface area contributed by atoms with Gasteiger partial charge in [0.1, 0.15) is 24.1 Å². The van der Waals surface area contributed by atoms with Crippen LogP contribution in [0, 0.1) is 32.1 Å². The highest BCUT2D eigenvalue weighted by Crippen LogP contribution is 2.58. The number of methoxy groups -OCH3 is 1. The number of rotatable bonds is 9. The quantitative estimate of drug-likeness (QED) is 0.127. The number of ether oxygens (including phenoxy) is 5. The molecular formula is C40H38F7N3O7. The Morgan fingerprint density at radius 2 is 1.61 bits per heavy atom. The number of hydrogen-bond donors (Lipinski definition) is 0. The molecule has 17 heteroatoms. The molecule has 0 aliphatic carbocycles. The number of aryl methyl sites for hydroxylation is 2. The van der Waals surface area contributed by atoms with Gasteiger partial charge in [0.2, 0.25) is 6.79 Å². The molecule has 304 valence electrons. The van der Waals surface area contributed by atoms with Crippen molar-refractivity contribution in [1.29, 1.82) is 5.26 Å². The molecular weight excluding hydrogens is 767 g/mol. The topological polar surface area (TPSA) is 111 Å². The first-order chi connectivity index (χ1) is 26.8. The molecule has 7 rings (SSSR count). The second kappa shape index (κ2) is 14.4. The van der Waals surface area contributed by atoms with Crippen LogP contribution in [-0.2, 0) is 33.6 Å². The lowest BCUT2D eigenvalue weighted by Gasteiger charge is -2.60. The average Bonchev–Trinajstić information content (AvgIpc) is 3.65. The largest absolute Gasteiger partial charge is 0.496 e. The van der Waals surface area contributed by atoms with E-state index < -0.39 is 79.3 Å². The van der Waals surface area contributed by atoms with Crippen molar-refractivity contribution in [3.63, 3.8) is 0 Å². The fourth-order valence-electron chi connectivity index (χ4n) is 9.06. The predicted molar refractivity (Wildman–Crippen MR) is 187 cm³/mol. The number of hydrogen-bond acceptors (Lipinski definition) is 10. The van der Waals surface area contributed by atoms with Gasteiger partial charge in [-0.2, -0.15) is 36.0 Å². The molecule has 0 aromatic heterocycles. The summed E-state index contributed by atoms with van der Waals surface area (Å²) < 4.78 is 126. The van der Waals surface area contributed by atoms with Crippen LogP contribution in [0.25, 0.3) is 0 Å². The Bertz CT molecular complexity index is 2160. The van der Waals surface area contributed by atoms with Crippen molar-refractivity contribution in [3.8, 4) is 29.1 Å². The lowest BCUT2D eigenvalue weighted by Crippen LogP contribution is -2.68. The maximum Gasteiger partial charge on any atom is 0.460 e. The lowest BCUT2D eigenvalue weighted by atomic mass is 9.71. The summed E-state index contributed by atoms with van der Waals surface area (Å²) in [6.07, 6.45) is -6.27. The Morgan fingerprint density at radius 1 is 0.930 bits per heavy atom. The molecule has 10 nitrogen and oxygen atoms in total. The van der Waals surface area contributed by atoms with Gasteiger partial charge in [-0.15, -0.1) is 0 Å². The molecule has 1 unspecified atom stereocenters. The first kappa shape index (κ1) is 40.1. The Labute approximate surface area is 323 Å². The predicted octanol–water partition coefficient (Wildman–Crippen LogP) is 7.03. The van der Waals surface area contributed by atoms with E-state index in [1.165, 1.54) is 14.0 Å². The lowest BCUT2D eigenvalue weighted by molar-refractivity contribution is -0.346. The third-order valence-corrected chi connectivity index (χ3v) is 11.6. The van der Waals surface area contributed by atoms with Gasteiger partial charge in [0.25, 0.3) is 0 Å². The van der Waals surface area contributed by atoms with E-state index in [0.717, 1.165) is 27.8 Å². The average molecular weight is 806 g/mol. The van der Waals surface area contributed by atoms with Gasteiger partial charge >= 0.3 is 30.0 Å². The number of piperazine rings is 1. The van der Waals surface area contributed by atoms with E-state index in [0.29, 0.717) is 18.6 Å². The number of carbonyl (C=O) groups is 2. The van der Waals surface area contributed by atoms with E-state index in [-0.39, 0.29) is 41.0 Å². The second-order valence-corrected chi connectivity index (χ2v) is 14.7. The Kier molecular flexibility index (Phi) is 10.1. The number of nitrogens with zero attached hydrogens (tertiary/aromatic N) is 3. The number of carbonyl (C=O) groups excluding carboxylic acids is 2. The van der Waals surface area contributed by atoms with Crippen LogP contribution in [0.3, 0.4) is 0 Å². The van der Waals surface area contributed by atoms with Gasteiger partial charge in [0, 0.05) is 35.2 Å². The molecule has 0 amide bonds. The smallest absolute Gasteiger partial charge is 0.460 e. The summed E-state index contributed by atoms with van der Waals surface area (Å²) in [7, 11) is 3.35. The van der Waals surface area contributed by atoms with Gasteiger partial charge < -0.3 is 23.7 Å². The van der Waals surface area contributed by atoms with Gasteiger partial charge in [-0.05, 0) is 74.9 Å². The standard InChI is InChI=1S/C40H38F7N3O7/c1-19-13-23-14-25-27(16-48)50-26(32(49(25)4)30(23)20(2)33(19)53-5)15-24-31(28(50)17-54-29(51)12-11-22-9-7-6-8-10-22)36-35(55-18-56-36)21(3)34(24)57-37(52)38(41,42)39(43,44)40(45,46)47/h6-10,13,25-28,32H,11-12,14-15,17-18H2,1-5H3/t25-,26?,27-,28-,32-/m0/s1. The van der Waals surface area contributed by atoms with Crippen molar-refractivity contribution in [2.75, 3.05) is 27.6 Å².